The average Bonchev–Trinajstić information content (AvgIpc) is 3.11. The second kappa shape index (κ2) is 4.56. The van der Waals surface area contributed by atoms with Gasteiger partial charge in [0.1, 0.15) is 5.54 Å². The number of nitrogens with zero attached hydrogens (tertiary/aromatic N) is 1. The van der Waals surface area contributed by atoms with Gasteiger partial charge in [0, 0.05) is 18.5 Å². The molecule has 1 heterocycles. The van der Waals surface area contributed by atoms with Crippen LogP contribution in [0.1, 0.15) is 53.4 Å². The molecule has 2 fully saturated rings. The summed E-state index contributed by atoms with van der Waals surface area (Å²) in [5.41, 5.74) is -0.675. The number of hydrogen-bond acceptors (Lipinski definition) is 2. The Morgan fingerprint density at radius 1 is 1.44 bits per heavy atom. The van der Waals surface area contributed by atoms with Crippen molar-refractivity contribution in [2.24, 2.45) is 5.92 Å². The lowest BCUT2D eigenvalue weighted by molar-refractivity contribution is -0.142. The Morgan fingerprint density at radius 3 is 2.56 bits per heavy atom. The smallest absolute Gasteiger partial charge is 0.248 e. The van der Waals surface area contributed by atoms with Gasteiger partial charge in [-0.25, -0.2) is 0 Å². The van der Waals surface area contributed by atoms with E-state index in [1.807, 2.05) is 18.7 Å². The third-order valence-corrected chi connectivity index (χ3v) is 4.49. The molecule has 0 radical (unpaired) electrons. The SMILES string of the molecule is CCC(C)N1C(=O)C(C)(C2CC2)NC(=O)CC1C. The molecular formula is C14H24N2O2. The van der Waals surface area contributed by atoms with E-state index in [-0.39, 0.29) is 23.9 Å². The maximum Gasteiger partial charge on any atom is 0.248 e. The molecule has 3 unspecified atom stereocenters. The molecule has 2 amide bonds. The summed E-state index contributed by atoms with van der Waals surface area (Å²) in [6, 6.07) is 0.186. The number of rotatable bonds is 3. The van der Waals surface area contributed by atoms with Crippen molar-refractivity contribution in [1.82, 2.24) is 10.2 Å². The molecule has 1 aliphatic heterocycles. The second-order valence-electron chi connectivity index (χ2n) is 6.05. The van der Waals surface area contributed by atoms with Gasteiger partial charge >= 0.3 is 0 Å². The van der Waals surface area contributed by atoms with Gasteiger partial charge in [0.2, 0.25) is 11.8 Å². The molecule has 0 aromatic heterocycles. The van der Waals surface area contributed by atoms with Crippen molar-refractivity contribution in [2.75, 3.05) is 0 Å². The lowest BCUT2D eigenvalue weighted by Gasteiger charge is -2.38. The van der Waals surface area contributed by atoms with Gasteiger partial charge in [0.15, 0.2) is 0 Å². The van der Waals surface area contributed by atoms with E-state index in [1.54, 1.807) is 0 Å². The van der Waals surface area contributed by atoms with Crippen LogP contribution in [0.2, 0.25) is 0 Å². The fourth-order valence-corrected chi connectivity index (χ4v) is 3.00. The van der Waals surface area contributed by atoms with Gasteiger partial charge in [-0.3, -0.25) is 9.59 Å². The molecule has 3 atom stereocenters. The zero-order chi connectivity index (χ0) is 13.5. The molecule has 1 N–H and O–H groups in total. The summed E-state index contributed by atoms with van der Waals surface area (Å²) < 4.78 is 0. The number of carbonyl (C=O) groups excluding carboxylic acids is 2. The van der Waals surface area contributed by atoms with E-state index < -0.39 is 5.54 Å². The number of nitrogens with one attached hydrogen (secondary N) is 1. The first-order chi connectivity index (χ1) is 8.40. The maximum atomic E-state index is 12.8. The minimum atomic E-state index is -0.675. The van der Waals surface area contributed by atoms with Gasteiger partial charge in [-0.1, -0.05) is 6.92 Å². The first-order valence-electron chi connectivity index (χ1n) is 7.04. The predicted octanol–water partition coefficient (Wildman–Crippen LogP) is 1.69. The predicted molar refractivity (Wildman–Crippen MR) is 69.9 cm³/mol. The molecule has 1 aliphatic carbocycles. The van der Waals surface area contributed by atoms with Gasteiger partial charge in [0.05, 0.1) is 0 Å². The molecule has 0 bridgehead atoms. The van der Waals surface area contributed by atoms with Gasteiger partial charge in [-0.15, -0.1) is 0 Å². The summed E-state index contributed by atoms with van der Waals surface area (Å²) in [4.78, 5) is 26.7. The summed E-state index contributed by atoms with van der Waals surface area (Å²) in [7, 11) is 0. The van der Waals surface area contributed by atoms with Crippen LogP contribution in [0.5, 0.6) is 0 Å². The lowest BCUT2D eigenvalue weighted by atomic mass is 9.93. The molecule has 2 rings (SSSR count). The van der Waals surface area contributed by atoms with E-state index in [1.165, 1.54) is 0 Å². The number of carbonyl (C=O) groups is 2. The highest BCUT2D eigenvalue weighted by molar-refractivity contribution is 5.94. The highest BCUT2D eigenvalue weighted by Crippen LogP contribution is 2.42. The van der Waals surface area contributed by atoms with Crippen molar-refractivity contribution < 1.29 is 9.59 Å². The minimum absolute atomic E-state index is 0.00646. The van der Waals surface area contributed by atoms with Gasteiger partial charge in [0.25, 0.3) is 0 Å². The van der Waals surface area contributed by atoms with Crippen LogP contribution in [0.25, 0.3) is 0 Å². The Morgan fingerprint density at radius 2 is 2.06 bits per heavy atom. The first kappa shape index (κ1) is 13.4. The third-order valence-electron chi connectivity index (χ3n) is 4.49. The fourth-order valence-electron chi connectivity index (χ4n) is 3.00. The van der Waals surface area contributed by atoms with Gasteiger partial charge in [-0.2, -0.15) is 0 Å². The summed E-state index contributed by atoms with van der Waals surface area (Å²) >= 11 is 0. The second-order valence-corrected chi connectivity index (χ2v) is 6.05. The Hall–Kier alpha value is -1.06. The quantitative estimate of drug-likeness (QED) is 0.831. The largest absolute Gasteiger partial charge is 0.342 e. The maximum absolute atomic E-state index is 12.8. The van der Waals surface area contributed by atoms with Crippen LogP contribution in [0.4, 0.5) is 0 Å². The molecule has 1 saturated carbocycles. The van der Waals surface area contributed by atoms with Crippen molar-refractivity contribution >= 4 is 11.8 Å². The normalized spacial score (nSPS) is 35.1. The molecule has 18 heavy (non-hydrogen) atoms. The Bertz CT molecular complexity index is 365. The van der Waals surface area contributed by atoms with Crippen LogP contribution in [0.3, 0.4) is 0 Å². The van der Waals surface area contributed by atoms with E-state index >= 15 is 0 Å². The van der Waals surface area contributed by atoms with Crippen molar-refractivity contribution in [3.05, 3.63) is 0 Å². The standard InChI is InChI=1S/C14H24N2O2/c1-5-9(2)16-10(3)8-12(17)15-14(4,13(16)18)11-6-7-11/h9-11H,5-8H2,1-4H3,(H,15,17). The van der Waals surface area contributed by atoms with E-state index in [2.05, 4.69) is 19.2 Å². The van der Waals surface area contributed by atoms with Crippen LogP contribution in [0, 0.1) is 5.92 Å². The van der Waals surface area contributed by atoms with Crippen molar-refractivity contribution in [3.8, 4) is 0 Å². The lowest BCUT2D eigenvalue weighted by Crippen LogP contribution is -2.59. The van der Waals surface area contributed by atoms with Crippen LogP contribution >= 0.6 is 0 Å². The van der Waals surface area contributed by atoms with E-state index in [0.29, 0.717) is 12.3 Å². The molecule has 0 aromatic rings. The van der Waals surface area contributed by atoms with Crippen LogP contribution in [-0.2, 0) is 9.59 Å². The highest BCUT2D eigenvalue weighted by Gasteiger charge is 2.52. The number of hydrogen-bond donors (Lipinski definition) is 1. The summed E-state index contributed by atoms with van der Waals surface area (Å²) in [6.07, 6.45) is 3.43. The Labute approximate surface area is 109 Å². The minimum Gasteiger partial charge on any atom is -0.342 e. The Kier molecular flexibility index (Phi) is 3.39. The van der Waals surface area contributed by atoms with Gasteiger partial charge in [-0.05, 0) is 46.0 Å². The molecular weight excluding hydrogens is 228 g/mol. The van der Waals surface area contributed by atoms with E-state index in [4.69, 9.17) is 0 Å². The van der Waals surface area contributed by atoms with E-state index in [9.17, 15) is 9.59 Å². The highest BCUT2D eigenvalue weighted by atomic mass is 16.2. The van der Waals surface area contributed by atoms with Crippen molar-refractivity contribution in [3.63, 3.8) is 0 Å². The molecule has 2 aliphatic rings. The fraction of sp³-hybridized carbons (Fsp3) is 0.857. The molecule has 0 spiro atoms. The average molecular weight is 252 g/mol. The van der Waals surface area contributed by atoms with Crippen LogP contribution < -0.4 is 5.32 Å². The van der Waals surface area contributed by atoms with Gasteiger partial charge < -0.3 is 10.2 Å². The van der Waals surface area contributed by atoms with Crippen molar-refractivity contribution in [2.45, 2.75) is 71.0 Å². The first-order valence-corrected chi connectivity index (χ1v) is 7.04. The van der Waals surface area contributed by atoms with Crippen LogP contribution in [-0.4, -0.2) is 34.3 Å². The monoisotopic (exact) mass is 252 g/mol. The topological polar surface area (TPSA) is 49.4 Å². The summed E-state index contributed by atoms with van der Waals surface area (Å²) in [5, 5.41) is 2.98. The molecule has 1 saturated heterocycles. The molecule has 102 valence electrons. The van der Waals surface area contributed by atoms with E-state index in [0.717, 1.165) is 19.3 Å². The Balaban J connectivity index is 2.33. The van der Waals surface area contributed by atoms with Crippen LogP contribution in [0.15, 0.2) is 0 Å². The molecule has 0 aromatic carbocycles. The molecule has 4 heteroatoms. The zero-order valence-electron chi connectivity index (χ0n) is 11.8. The third kappa shape index (κ3) is 2.13. The number of amides is 2. The van der Waals surface area contributed by atoms with Crippen molar-refractivity contribution in [1.29, 1.82) is 0 Å². The summed E-state index contributed by atoms with van der Waals surface area (Å²) in [6.45, 7) is 8.03. The zero-order valence-corrected chi connectivity index (χ0v) is 11.8. The molecule has 4 nitrogen and oxygen atoms in total. The summed E-state index contributed by atoms with van der Waals surface area (Å²) in [5.74, 6) is 0.444.